The Morgan fingerprint density at radius 2 is 2.00 bits per heavy atom. The highest BCUT2D eigenvalue weighted by Crippen LogP contribution is 2.27. The van der Waals surface area contributed by atoms with Crippen molar-refractivity contribution in [3.8, 4) is 0 Å². The summed E-state index contributed by atoms with van der Waals surface area (Å²) in [6, 6.07) is 0.619. The summed E-state index contributed by atoms with van der Waals surface area (Å²) < 4.78 is 61.4. The fourth-order valence-corrected chi connectivity index (χ4v) is 0.838. The molecular formula is C8H4F5NO. The Bertz CT molecular complexity index is 379. The molecule has 0 bridgehead atoms. The van der Waals surface area contributed by atoms with Gasteiger partial charge in [0.25, 0.3) is 0 Å². The quantitative estimate of drug-likeness (QED) is 0.583. The molecule has 0 spiro atoms. The molecule has 0 N–H and O–H groups in total. The Morgan fingerprint density at radius 1 is 1.40 bits per heavy atom. The van der Waals surface area contributed by atoms with Gasteiger partial charge >= 0.3 is 12.3 Å². The highest BCUT2D eigenvalue weighted by Gasteiger charge is 2.49. The van der Waals surface area contributed by atoms with Gasteiger partial charge in [0.05, 0.1) is 11.8 Å². The summed E-state index contributed by atoms with van der Waals surface area (Å²) in [6.45, 7) is 0. The molecule has 0 unspecified atom stereocenters. The second kappa shape index (κ2) is 3.92. The average molecular weight is 225 g/mol. The third-order valence-corrected chi connectivity index (χ3v) is 1.59. The van der Waals surface area contributed by atoms with Crippen molar-refractivity contribution in [2.45, 2.75) is 12.3 Å². The number of rotatable bonds is 3. The highest BCUT2D eigenvalue weighted by atomic mass is 19.3. The maximum atomic E-state index is 12.8. The number of halogens is 5. The molecule has 0 atom stereocenters. The molecule has 15 heavy (non-hydrogen) atoms. The summed E-state index contributed by atoms with van der Waals surface area (Å²) >= 11 is 0. The van der Waals surface area contributed by atoms with Gasteiger partial charge in [0.2, 0.25) is 5.78 Å². The Morgan fingerprint density at radius 3 is 2.47 bits per heavy atom. The van der Waals surface area contributed by atoms with Gasteiger partial charge in [0.15, 0.2) is 5.82 Å². The Balaban J connectivity index is 3.11. The summed E-state index contributed by atoms with van der Waals surface area (Å²) in [7, 11) is 0. The van der Waals surface area contributed by atoms with Gasteiger partial charge in [-0.05, 0) is 6.07 Å². The lowest BCUT2D eigenvalue weighted by molar-refractivity contribution is -0.0959. The van der Waals surface area contributed by atoms with Crippen LogP contribution < -0.4 is 0 Å². The largest absolute Gasteiger partial charge is 0.368 e. The van der Waals surface area contributed by atoms with Crippen LogP contribution in [0.1, 0.15) is 10.4 Å². The molecule has 0 saturated carbocycles. The van der Waals surface area contributed by atoms with Crippen molar-refractivity contribution < 1.29 is 26.7 Å². The van der Waals surface area contributed by atoms with Crippen molar-refractivity contribution in [1.82, 2.24) is 4.98 Å². The lowest BCUT2D eigenvalue weighted by atomic mass is 10.1. The summed E-state index contributed by atoms with van der Waals surface area (Å²) in [6.07, 6.45) is -2.82. The number of carbonyl (C=O) groups excluding carboxylic acids is 1. The topological polar surface area (TPSA) is 30.0 Å². The fraction of sp³-hybridized carbons (Fsp3) is 0.250. The Labute approximate surface area is 80.7 Å². The first kappa shape index (κ1) is 11.5. The molecule has 7 heteroatoms. The minimum Gasteiger partial charge on any atom is -0.287 e. The van der Waals surface area contributed by atoms with Crippen molar-refractivity contribution >= 4 is 5.78 Å². The second-order valence-electron chi connectivity index (χ2n) is 2.61. The van der Waals surface area contributed by atoms with E-state index in [-0.39, 0.29) is 0 Å². The molecule has 2 nitrogen and oxygen atoms in total. The summed E-state index contributed by atoms with van der Waals surface area (Å²) in [5, 5.41) is 0. The van der Waals surface area contributed by atoms with Crippen LogP contribution >= 0.6 is 0 Å². The SMILES string of the molecule is O=C(c1ccncc1F)C(F)(F)C(F)F. The maximum absolute atomic E-state index is 12.8. The van der Waals surface area contributed by atoms with E-state index in [2.05, 4.69) is 4.98 Å². The summed E-state index contributed by atoms with van der Waals surface area (Å²) in [5.41, 5.74) is -1.10. The number of Topliss-reactive ketones (excluding diaryl/α,β-unsaturated/α-hetero) is 1. The minimum atomic E-state index is -4.89. The third kappa shape index (κ3) is 2.11. The first-order valence-electron chi connectivity index (χ1n) is 3.67. The van der Waals surface area contributed by atoms with E-state index < -0.39 is 29.5 Å². The number of ketones is 1. The number of pyridine rings is 1. The first-order valence-corrected chi connectivity index (χ1v) is 3.67. The van der Waals surface area contributed by atoms with Crippen LogP contribution in [0.25, 0.3) is 0 Å². The molecular weight excluding hydrogens is 221 g/mol. The van der Waals surface area contributed by atoms with Gasteiger partial charge in [-0.1, -0.05) is 0 Å². The van der Waals surface area contributed by atoms with Crippen LogP contribution in [0.3, 0.4) is 0 Å². The van der Waals surface area contributed by atoms with Crippen molar-refractivity contribution in [3.63, 3.8) is 0 Å². The molecule has 1 aromatic rings. The molecule has 0 aliphatic heterocycles. The number of aromatic nitrogens is 1. The predicted octanol–water partition coefficient (Wildman–Crippen LogP) is 2.30. The number of hydrogen-bond donors (Lipinski definition) is 0. The van der Waals surface area contributed by atoms with E-state index in [9.17, 15) is 26.7 Å². The Kier molecular flexibility index (Phi) is 3.01. The lowest BCUT2D eigenvalue weighted by Crippen LogP contribution is -2.37. The molecule has 0 amide bonds. The van der Waals surface area contributed by atoms with Crippen molar-refractivity contribution in [2.75, 3.05) is 0 Å². The van der Waals surface area contributed by atoms with E-state index in [1.165, 1.54) is 0 Å². The summed E-state index contributed by atoms with van der Waals surface area (Å²) in [5.74, 6) is -8.50. The monoisotopic (exact) mass is 225 g/mol. The van der Waals surface area contributed by atoms with Gasteiger partial charge in [-0.2, -0.15) is 8.78 Å². The molecule has 1 aromatic heterocycles. The van der Waals surface area contributed by atoms with Gasteiger partial charge in [0.1, 0.15) is 0 Å². The van der Waals surface area contributed by atoms with Crippen LogP contribution in [0, 0.1) is 5.82 Å². The van der Waals surface area contributed by atoms with Gasteiger partial charge in [0, 0.05) is 6.20 Å². The van der Waals surface area contributed by atoms with Gasteiger partial charge in [-0.3, -0.25) is 9.78 Å². The van der Waals surface area contributed by atoms with E-state index in [0.29, 0.717) is 12.3 Å². The average Bonchev–Trinajstić information content (AvgIpc) is 2.17. The molecule has 0 aromatic carbocycles. The Hall–Kier alpha value is -1.53. The van der Waals surface area contributed by atoms with Gasteiger partial charge in [-0.25, -0.2) is 13.2 Å². The molecule has 0 saturated heterocycles. The smallest absolute Gasteiger partial charge is 0.287 e. The van der Waals surface area contributed by atoms with E-state index in [4.69, 9.17) is 0 Å². The zero-order chi connectivity index (χ0) is 11.6. The van der Waals surface area contributed by atoms with Gasteiger partial charge < -0.3 is 0 Å². The van der Waals surface area contributed by atoms with Crippen molar-refractivity contribution in [1.29, 1.82) is 0 Å². The molecule has 0 aliphatic rings. The molecule has 0 radical (unpaired) electrons. The normalized spacial score (nSPS) is 11.9. The van der Waals surface area contributed by atoms with E-state index >= 15 is 0 Å². The standard InChI is InChI=1S/C8H4F5NO/c9-5-3-14-2-1-4(5)6(15)8(12,13)7(10)11/h1-3,7H. The van der Waals surface area contributed by atoms with Crippen LogP contribution in [0.5, 0.6) is 0 Å². The first-order chi connectivity index (χ1) is 6.87. The van der Waals surface area contributed by atoms with Gasteiger partial charge in [-0.15, -0.1) is 0 Å². The van der Waals surface area contributed by atoms with Crippen LogP contribution in [-0.4, -0.2) is 23.1 Å². The van der Waals surface area contributed by atoms with Crippen LogP contribution in [0.2, 0.25) is 0 Å². The zero-order valence-corrected chi connectivity index (χ0v) is 7.05. The number of alkyl halides is 4. The van der Waals surface area contributed by atoms with E-state index in [0.717, 1.165) is 6.20 Å². The molecule has 1 heterocycles. The lowest BCUT2D eigenvalue weighted by Gasteiger charge is -2.13. The fourth-order valence-electron chi connectivity index (χ4n) is 0.838. The van der Waals surface area contributed by atoms with Crippen molar-refractivity contribution in [2.24, 2.45) is 0 Å². The van der Waals surface area contributed by atoms with Crippen LogP contribution in [-0.2, 0) is 0 Å². The third-order valence-electron chi connectivity index (χ3n) is 1.59. The van der Waals surface area contributed by atoms with Crippen molar-refractivity contribution in [3.05, 3.63) is 29.8 Å². The van der Waals surface area contributed by atoms with E-state index in [1.54, 1.807) is 0 Å². The maximum Gasteiger partial charge on any atom is 0.368 e. The second-order valence-corrected chi connectivity index (χ2v) is 2.61. The van der Waals surface area contributed by atoms with Crippen LogP contribution in [0.15, 0.2) is 18.5 Å². The number of carbonyl (C=O) groups is 1. The van der Waals surface area contributed by atoms with E-state index in [1.807, 2.05) is 0 Å². The molecule has 0 fully saturated rings. The number of nitrogens with zero attached hydrogens (tertiary/aromatic N) is 1. The highest BCUT2D eigenvalue weighted by molar-refractivity contribution is 6.01. The molecule has 82 valence electrons. The minimum absolute atomic E-state index is 0.495. The number of hydrogen-bond acceptors (Lipinski definition) is 2. The van der Waals surface area contributed by atoms with Crippen LogP contribution in [0.4, 0.5) is 22.0 Å². The molecule has 1 rings (SSSR count). The molecule has 0 aliphatic carbocycles. The summed E-state index contributed by atoms with van der Waals surface area (Å²) in [4.78, 5) is 14.0. The predicted molar refractivity (Wildman–Crippen MR) is 39.5 cm³/mol. The zero-order valence-electron chi connectivity index (χ0n) is 7.05.